The second-order valence-corrected chi connectivity index (χ2v) is 3.29. The van der Waals surface area contributed by atoms with E-state index in [1.807, 2.05) is 5.92 Å². The fourth-order valence-electron chi connectivity index (χ4n) is 1.49. The van der Waals surface area contributed by atoms with Crippen LogP contribution in [0.15, 0.2) is 12.7 Å². The quantitative estimate of drug-likeness (QED) is 0.557. The third-order valence-corrected chi connectivity index (χ3v) is 2.16. The van der Waals surface area contributed by atoms with E-state index >= 15 is 0 Å². The van der Waals surface area contributed by atoms with E-state index in [9.17, 15) is 9.59 Å². The van der Waals surface area contributed by atoms with Crippen molar-refractivity contribution in [3.05, 3.63) is 12.7 Å². The van der Waals surface area contributed by atoms with Crippen LogP contribution in [0.4, 0.5) is 4.79 Å². The van der Waals surface area contributed by atoms with Crippen molar-refractivity contribution >= 4 is 12.1 Å². The summed E-state index contributed by atoms with van der Waals surface area (Å²) in [5.74, 6) is 3.38. The number of likely N-dealkylation sites (tertiary alicyclic amines) is 1. The van der Waals surface area contributed by atoms with E-state index in [-0.39, 0.29) is 12.6 Å². The van der Waals surface area contributed by atoms with Crippen LogP contribution in [0.2, 0.25) is 0 Å². The monoisotopic (exact) mass is 223 g/mol. The average molecular weight is 223 g/mol. The number of carbonyl (C=O) groups excluding carboxylic acids is 1. The molecule has 1 amide bonds. The van der Waals surface area contributed by atoms with Crippen LogP contribution in [-0.4, -0.2) is 41.3 Å². The van der Waals surface area contributed by atoms with E-state index < -0.39 is 12.1 Å². The summed E-state index contributed by atoms with van der Waals surface area (Å²) in [4.78, 5) is 23.2. The maximum absolute atomic E-state index is 11.5. The highest BCUT2D eigenvalue weighted by molar-refractivity contribution is 5.86. The second-order valence-electron chi connectivity index (χ2n) is 3.29. The standard InChI is InChI=1S/C11H13NO4/c1-2-8-16-11(15)12-7-3-4-9(12)5-6-10(13)14/h2,9H,1,3-4,7-8H2,(H,13,14). The van der Waals surface area contributed by atoms with E-state index in [1.165, 1.54) is 11.0 Å². The molecule has 1 fully saturated rings. The molecule has 1 saturated heterocycles. The molecule has 0 radical (unpaired) electrons. The largest absolute Gasteiger partial charge is 0.472 e. The highest BCUT2D eigenvalue weighted by Crippen LogP contribution is 2.17. The molecule has 5 nitrogen and oxygen atoms in total. The summed E-state index contributed by atoms with van der Waals surface area (Å²) in [6.45, 7) is 4.13. The summed E-state index contributed by atoms with van der Waals surface area (Å²) in [7, 11) is 0. The van der Waals surface area contributed by atoms with Crippen LogP contribution < -0.4 is 0 Å². The van der Waals surface area contributed by atoms with Crippen LogP contribution >= 0.6 is 0 Å². The summed E-state index contributed by atoms with van der Waals surface area (Å²) in [5.41, 5.74) is 0. The first-order valence-corrected chi connectivity index (χ1v) is 4.94. The molecule has 0 spiro atoms. The Morgan fingerprint density at radius 2 is 2.38 bits per heavy atom. The molecule has 0 aromatic carbocycles. The zero-order valence-electron chi connectivity index (χ0n) is 8.81. The van der Waals surface area contributed by atoms with Crippen molar-refractivity contribution in [3.63, 3.8) is 0 Å². The molecular weight excluding hydrogens is 210 g/mol. The molecule has 1 unspecified atom stereocenters. The van der Waals surface area contributed by atoms with Gasteiger partial charge in [-0.25, -0.2) is 9.59 Å². The van der Waals surface area contributed by atoms with Crippen molar-refractivity contribution in [3.8, 4) is 11.8 Å². The highest BCUT2D eigenvalue weighted by Gasteiger charge is 2.28. The Bertz CT molecular complexity index is 353. The molecule has 86 valence electrons. The Balaban J connectivity index is 2.59. The maximum Gasteiger partial charge on any atom is 0.411 e. The molecule has 16 heavy (non-hydrogen) atoms. The number of nitrogens with zero attached hydrogens (tertiary/aromatic N) is 1. The summed E-state index contributed by atoms with van der Waals surface area (Å²) in [5, 5.41) is 8.42. The number of rotatable bonds is 2. The Morgan fingerprint density at radius 1 is 1.62 bits per heavy atom. The fourth-order valence-corrected chi connectivity index (χ4v) is 1.49. The minimum Gasteiger partial charge on any atom is -0.472 e. The van der Waals surface area contributed by atoms with E-state index in [0.29, 0.717) is 13.0 Å². The predicted molar refractivity (Wildman–Crippen MR) is 56.7 cm³/mol. The van der Waals surface area contributed by atoms with Crippen LogP contribution in [0.25, 0.3) is 0 Å². The Morgan fingerprint density at radius 3 is 3.00 bits per heavy atom. The zero-order valence-corrected chi connectivity index (χ0v) is 8.81. The lowest BCUT2D eigenvalue weighted by Crippen LogP contribution is -2.35. The molecule has 1 aliphatic heterocycles. The summed E-state index contributed by atoms with van der Waals surface area (Å²) in [6, 6.07) is -0.353. The molecule has 0 aliphatic carbocycles. The molecular formula is C11H13NO4. The molecule has 1 aliphatic rings. The van der Waals surface area contributed by atoms with Gasteiger partial charge >= 0.3 is 12.1 Å². The van der Waals surface area contributed by atoms with Gasteiger partial charge in [-0.15, -0.1) is 0 Å². The lowest BCUT2D eigenvalue weighted by atomic mass is 10.2. The molecule has 0 aromatic rings. The molecule has 5 heteroatoms. The average Bonchev–Trinajstić information content (AvgIpc) is 2.71. The molecule has 1 atom stereocenters. The van der Waals surface area contributed by atoms with Gasteiger partial charge in [0.2, 0.25) is 0 Å². The van der Waals surface area contributed by atoms with E-state index in [0.717, 1.165) is 6.42 Å². The number of carbonyl (C=O) groups is 2. The first-order chi connectivity index (χ1) is 7.65. The smallest absolute Gasteiger partial charge is 0.411 e. The first-order valence-electron chi connectivity index (χ1n) is 4.94. The number of hydrogen-bond acceptors (Lipinski definition) is 3. The van der Waals surface area contributed by atoms with Crippen molar-refractivity contribution in [2.45, 2.75) is 18.9 Å². The van der Waals surface area contributed by atoms with Gasteiger partial charge in [0.15, 0.2) is 0 Å². The van der Waals surface area contributed by atoms with Crippen LogP contribution in [0.3, 0.4) is 0 Å². The van der Waals surface area contributed by atoms with Crippen LogP contribution in [0.1, 0.15) is 12.8 Å². The van der Waals surface area contributed by atoms with Crippen molar-refractivity contribution < 1.29 is 19.4 Å². The van der Waals surface area contributed by atoms with Gasteiger partial charge in [-0.05, 0) is 12.8 Å². The number of hydrogen-bond donors (Lipinski definition) is 1. The van der Waals surface area contributed by atoms with E-state index in [2.05, 4.69) is 12.5 Å². The van der Waals surface area contributed by atoms with Crippen molar-refractivity contribution in [2.24, 2.45) is 0 Å². The summed E-state index contributed by atoms with van der Waals surface area (Å²) < 4.78 is 4.87. The normalized spacial score (nSPS) is 18.5. The van der Waals surface area contributed by atoms with Crippen molar-refractivity contribution in [1.82, 2.24) is 4.90 Å². The van der Waals surface area contributed by atoms with Gasteiger partial charge < -0.3 is 9.84 Å². The number of carboxylic acids is 1. The first kappa shape index (κ1) is 12.1. The molecule has 0 aromatic heterocycles. The highest BCUT2D eigenvalue weighted by atomic mass is 16.6. The zero-order chi connectivity index (χ0) is 12.0. The van der Waals surface area contributed by atoms with Gasteiger partial charge in [-0.3, -0.25) is 4.90 Å². The van der Waals surface area contributed by atoms with E-state index in [1.54, 1.807) is 0 Å². The number of aliphatic carboxylic acids is 1. The van der Waals surface area contributed by atoms with Gasteiger partial charge in [0.1, 0.15) is 6.61 Å². The van der Waals surface area contributed by atoms with Crippen LogP contribution in [0.5, 0.6) is 0 Å². The lowest BCUT2D eigenvalue weighted by Gasteiger charge is -2.19. The van der Waals surface area contributed by atoms with Gasteiger partial charge in [0, 0.05) is 12.5 Å². The van der Waals surface area contributed by atoms with Crippen LogP contribution in [0, 0.1) is 11.8 Å². The minimum atomic E-state index is -1.19. The molecule has 0 bridgehead atoms. The maximum atomic E-state index is 11.5. The molecule has 0 saturated carbocycles. The predicted octanol–water partition coefficient (Wildman–Crippen LogP) is 0.861. The van der Waals surface area contributed by atoms with E-state index in [4.69, 9.17) is 9.84 Å². The third-order valence-electron chi connectivity index (χ3n) is 2.16. The number of amides is 1. The number of ether oxygens (including phenoxy) is 1. The topological polar surface area (TPSA) is 66.8 Å². The fraction of sp³-hybridized carbons (Fsp3) is 0.455. The van der Waals surface area contributed by atoms with Gasteiger partial charge in [-0.2, -0.15) is 0 Å². The van der Waals surface area contributed by atoms with Crippen LogP contribution in [-0.2, 0) is 9.53 Å². The molecule has 1 rings (SSSR count). The third kappa shape index (κ3) is 3.31. The summed E-state index contributed by atoms with van der Waals surface area (Å²) in [6.07, 6.45) is 2.50. The minimum absolute atomic E-state index is 0.147. The van der Waals surface area contributed by atoms with Gasteiger partial charge in [0.05, 0.1) is 6.04 Å². The molecule has 1 N–H and O–H groups in total. The van der Waals surface area contributed by atoms with Crippen molar-refractivity contribution in [1.29, 1.82) is 0 Å². The lowest BCUT2D eigenvalue weighted by molar-refractivity contribution is -0.130. The molecule has 1 heterocycles. The Hall–Kier alpha value is -1.96. The van der Waals surface area contributed by atoms with Gasteiger partial charge in [-0.1, -0.05) is 18.6 Å². The Labute approximate surface area is 93.7 Å². The Kier molecular flexibility index (Phi) is 4.40. The second kappa shape index (κ2) is 5.81. The summed E-state index contributed by atoms with van der Waals surface area (Å²) >= 11 is 0. The number of carboxylic acid groups (broad SMARTS) is 1. The SMILES string of the molecule is C=CCOC(=O)N1CCCC1C#CC(=O)O. The van der Waals surface area contributed by atoms with Gasteiger partial charge in [0.25, 0.3) is 0 Å². The van der Waals surface area contributed by atoms with Crippen molar-refractivity contribution in [2.75, 3.05) is 13.2 Å².